The zero-order chi connectivity index (χ0) is 21.5. The smallest absolute Gasteiger partial charge is 0.414 e. The number of amides is 1. The highest BCUT2D eigenvalue weighted by molar-refractivity contribution is 7.91. The van der Waals surface area contributed by atoms with Crippen LogP contribution < -0.4 is 4.90 Å². The first kappa shape index (κ1) is 20.4. The number of rotatable bonds is 5. The van der Waals surface area contributed by atoms with Gasteiger partial charge in [0, 0.05) is 5.56 Å². The van der Waals surface area contributed by atoms with Gasteiger partial charge in [-0.25, -0.2) is 31.1 Å². The number of benzene rings is 1. The summed E-state index contributed by atoms with van der Waals surface area (Å²) in [5, 5.41) is 6.92. The Morgan fingerprint density at radius 1 is 1.30 bits per heavy atom. The van der Waals surface area contributed by atoms with Crippen LogP contribution >= 0.6 is 0 Å². The molecule has 0 radical (unpaired) electrons. The number of hydrogen-bond acceptors (Lipinski definition) is 6. The third kappa shape index (κ3) is 4.18. The summed E-state index contributed by atoms with van der Waals surface area (Å²) in [5.41, 5.74) is 0.704. The predicted molar refractivity (Wildman–Crippen MR) is 100 cm³/mol. The van der Waals surface area contributed by atoms with E-state index in [9.17, 15) is 26.4 Å². The average Bonchev–Trinajstić information content (AvgIpc) is 3.29. The molecule has 0 N–H and O–H groups in total. The molecule has 1 aromatic heterocycles. The molecule has 2 aromatic rings. The van der Waals surface area contributed by atoms with E-state index in [4.69, 9.17) is 4.74 Å². The summed E-state index contributed by atoms with van der Waals surface area (Å²) >= 11 is 0. The van der Waals surface area contributed by atoms with Crippen molar-refractivity contribution in [3.63, 3.8) is 0 Å². The highest BCUT2D eigenvalue weighted by Gasteiger charge is 2.33. The van der Waals surface area contributed by atoms with Gasteiger partial charge in [-0.1, -0.05) is 11.3 Å². The maximum Gasteiger partial charge on any atom is 0.414 e. The average molecular weight is 442 g/mol. The Hall–Kier alpha value is -2.89. The lowest BCUT2D eigenvalue weighted by Crippen LogP contribution is -2.26. The van der Waals surface area contributed by atoms with Gasteiger partial charge in [0.1, 0.15) is 17.6 Å². The van der Waals surface area contributed by atoms with Crippen molar-refractivity contribution in [3.05, 3.63) is 47.5 Å². The second kappa shape index (κ2) is 7.74. The molecular weight excluding hydrogens is 425 g/mol. The summed E-state index contributed by atoms with van der Waals surface area (Å²) in [6, 6.07) is 4.24. The van der Waals surface area contributed by atoms with Crippen LogP contribution in [0.3, 0.4) is 0 Å². The monoisotopic (exact) mass is 442 g/mol. The van der Waals surface area contributed by atoms with Crippen molar-refractivity contribution >= 4 is 27.2 Å². The van der Waals surface area contributed by atoms with E-state index in [-0.39, 0.29) is 36.7 Å². The molecule has 3 heterocycles. The molecule has 12 heteroatoms. The molecule has 4 rings (SSSR count). The van der Waals surface area contributed by atoms with Gasteiger partial charge in [0.05, 0.1) is 36.5 Å². The van der Waals surface area contributed by atoms with E-state index in [0.717, 1.165) is 10.9 Å². The fourth-order valence-electron chi connectivity index (χ4n) is 3.39. The second-order valence-corrected chi connectivity index (χ2v) is 9.27. The number of halogens is 3. The maximum atomic E-state index is 14.7. The van der Waals surface area contributed by atoms with Crippen molar-refractivity contribution in [2.24, 2.45) is 0 Å². The molecule has 1 atom stereocenters. The van der Waals surface area contributed by atoms with E-state index >= 15 is 0 Å². The van der Waals surface area contributed by atoms with Crippen molar-refractivity contribution in [1.82, 2.24) is 15.0 Å². The van der Waals surface area contributed by atoms with Gasteiger partial charge in [0.25, 0.3) is 6.43 Å². The summed E-state index contributed by atoms with van der Waals surface area (Å²) in [5.74, 6) is -0.735. The fourth-order valence-corrected chi connectivity index (χ4v) is 4.55. The molecule has 30 heavy (non-hydrogen) atoms. The number of sulfone groups is 1. The lowest BCUT2D eigenvalue weighted by molar-refractivity contribution is 0.129. The molecule has 160 valence electrons. The van der Waals surface area contributed by atoms with Crippen LogP contribution in [0.1, 0.15) is 24.1 Å². The van der Waals surface area contributed by atoms with Crippen LogP contribution in [-0.2, 0) is 21.1 Å². The molecule has 8 nitrogen and oxygen atoms in total. The zero-order valence-corrected chi connectivity index (χ0v) is 16.4. The summed E-state index contributed by atoms with van der Waals surface area (Å²) < 4.78 is 69.3. The SMILES string of the molecule is O=C1OC(Cn2cc(C(F)F)nn2)CN1c1ccc(C2=CCS(=O)(=O)CC2)c(F)c1. The molecule has 0 bridgehead atoms. The van der Waals surface area contributed by atoms with Gasteiger partial charge in [0.15, 0.2) is 9.84 Å². The van der Waals surface area contributed by atoms with Crippen LogP contribution in [0.25, 0.3) is 5.57 Å². The summed E-state index contributed by atoms with van der Waals surface area (Å²) in [7, 11) is -3.12. The molecule has 1 fully saturated rings. The zero-order valence-electron chi connectivity index (χ0n) is 15.5. The van der Waals surface area contributed by atoms with Crippen molar-refractivity contribution in [1.29, 1.82) is 0 Å². The summed E-state index contributed by atoms with van der Waals surface area (Å²) in [6.07, 6.45) is -1.30. The van der Waals surface area contributed by atoms with Gasteiger partial charge in [-0.3, -0.25) is 4.90 Å². The lowest BCUT2D eigenvalue weighted by atomic mass is 10.0. The first-order valence-corrected chi connectivity index (χ1v) is 10.9. The highest BCUT2D eigenvalue weighted by atomic mass is 32.2. The normalized spacial score (nSPS) is 21.1. The van der Waals surface area contributed by atoms with Gasteiger partial charge < -0.3 is 4.74 Å². The van der Waals surface area contributed by atoms with E-state index < -0.39 is 40.0 Å². The van der Waals surface area contributed by atoms with E-state index in [2.05, 4.69) is 10.3 Å². The van der Waals surface area contributed by atoms with Gasteiger partial charge in [0.2, 0.25) is 0 Å². The molecule has 0 aliphatic carbocycles. The Morgan fingerprint density at radius 2 is 2.10 bits per heavy atom. The molecule has 1 unspecified atom stereocenters. The van der Waals surface area contributed by atoms with Crippen molar-refractivity contribution < 1.29 is 31.1 Å². The summed E-state index contributed by atoms with van der Waals surface area (Å²) in [4.78, 5) is 13.4. The molecule has 1 aromatic carbocycles. The van der Waals surface area contributed by atoms with Gasteiger partial charge in [-0.2, -0.15) is 0 Å². The van der Waals surface area contributed by atoms with Crippen molar-refractivity contribution in [3.8, 4) is 0 Å². The van der Waals surface area contributed by atoms with Crippen LogP contribution in [0.4, 0.5) is 23.7 Å². The number of hydrogen-bond donors (Lipinski definition) is 0. The van der Waals surface area contributed by atoms with Crippen LogP contribution in [0.15, 0.2) is 30.5 Å². The Balaban J connectivity index is 1.47. The largest absolute Gasteiger partial charge is 0.442 e. The number of nitrogens with zero attached hydrogens (tertiary/aromatic N) is 4. The maximum absolute atomic E-state index is 14.7. The fraction of sp³-hybridized carbons (Fsp3) is 0.389. The molecule has 1 amide bonds. The highest BCUT2D eigenvalue weighted by Crippen LogP contribution is 2.30. The predicted octanol–water partition coefficient (Wildman–Crippen LogP) is 2.58. The molecule has 0 spiro atoms. The van der Waals surface area contributed by atoms with Gasteiger partial charge in [-0.05, 0) is 30.2 Å². The minimum Gasteiger partial charge on any atom is -0.442 e. The Labute approximate surface area is 169 Å². The molecular formula is C18H17F3N4O4S. The second-order valence-electron chi connectivity index (χ2n) is 7.04. The third-order valence-electron chi connectivity index (χ3n) is 4.92. The molecule has 0 saturated carbocycles. The molecule has 2 aliphatic heterocycles. The van der Waals surface area contributed by atoms with E-state index in [1.807, 2.05) is 0 Å². The Bertz CT molecular complexity index is 1120. The van der Waals surface area contributed by atoms with Crippen LogP contribution in [-0.4, -0.2) is 53.7 Å². The van der Waals surface area contributed by atoms with E-state index in [1.165, 1.54) is 23.1 Å². The van der Waals surface area contributed by atoms with Gasteiger partial charge in [-0.15, -0.1) is 5.10 Å². The summed E-state index contributed by atoms with van der Waals surface area (Å²) in [6.45, 7) is 0.117. The first-order chi connectivity index (χ1) is 14.2. The number of alkyl halides is 2. The van der Waals surface area contributed by atoms with E-state index in [0.29, 0.717) is 11.1 Å². The number of ether oxygens (including phenoxy) is 1. The number of carbonyl (C=O) groups excluding carboxylic acids is 1. The van der Waals surface area contributed by atoms with Gasteiger partial charge >= 0.3 is 6.09 Å². The number of carbonyl (C=O) groups is 1. The van der Waals surface area contributed by atoms with Crippen molar-refractivity contribution in [2.45, 2.75) is 25.5 Å². The topological polar surface area (TPSA) is 94.4 Å². The van der Waals surface area contributed by atoms with Crippen molar-refractivity contribution in [2.75, 3.05) is 23.0 Å². The first-order valence-electron chi connectivity index (χ1n) is 9.07. The quantitative estimate of drug-likeness (QED) is 0.707. The number of anilines is 1. The van der Waals surface area contributed by atoms with Crippen LogP contribution in [0.5, 0.6) is 0 Å². The molecule has 1 saturated heterocycles. The lowest BCUT2D eigenvalue weighted by Gasteiger charge is -2.17. The molecule has 2 aliphatic rings. The minimum atomic E-state index is -3.12. The van der Waals surface area contributed by atoms with Crippen LogP contribution in [0.2, 0.25) is 0 Å². The van der Waals surface area contributed by atoms with E-state index in [1.54, 1.807) is 6.07 Å². The third-order valence-corrected chi connectivity index (χ3v) is 6.42. The number of aromatic nitrogens is 3. The Kier molecular flexibility index (Phi) is 5.26. The Morgan fingerprint density at radius 3 is 2.73 bits per heavy atom. The van der Waals surface area contributed by atoms with Crippen LogP contribution in [0, 0.1) is 5.82 Å². The minimum absolute atomic E-state index is 0.0316. The number of cyclic esters (lactones) is 1. The number of allylic oxidation sites excluding steroid dienone is 1. The standard InChI is InChI=1S/C18H17F3N4O4S/c19-15-7-12(1-2-14(15)11-3-5-30(27,28)6-4-11)25-9-13(29-18(25)26)8-24-10-16(17(20)21)22-23-24/h1-3,7,10,13,17H,4-6,8-9H2.